The van der Waals surface area contributed by atoms with Crippen LogP contribution in [0.3, 0.4) is 0 Å². The molecule has 5 nitrogen and oxygen atoms in total. The second-order valence-electron chi connectivity index (χ2n) is 4.94. The summed E-state index contributed by atoms with van der Waals surface area (Å²) in [4.78, 5) is 25.1. The first-order valence-corrected chi connectivity index (χ1v) is 7.53. The number of carbonyl (C=O) groups excluding carboxylic acids is 2. The van der Waals surface area contributed by atoms with Gasteiger partial charge in [0.25, 0.3) is 5.91 Å². The van der Waals surface area contributed by atoms with Crippen molar-refractivity contribution in [1.82, 2.24) is 0 Å². The molecule has 21 heavy (non-hydrogen) atoms. The number of fused-ring (bicyclic) bond motifs is 1. The van der Waals surface area contributed by atoms with E-state index in [1.54, 1.807) is 35.6 Å². The minimum absolute atomic E-state index is 0.120. The largest absolute Gasteiger partial charge is 0.351 e. The molecule has 3 amide bonds. The van der Waals surface area contributed by atoms with Gasteiger partial charge in [0.05, 0.1) is 4.88 Å². The van der Waals surface area contributed by atoms with E-state index in [2.05, 4.69) is 10.6 Å². The van der Waals surface area contributed by atoms with Crippen LogP contribution in [0.5, 0.6) is 0 Å². The lowest BCUT2D eigenvalue weighted by atomic mass is 10.2. The van der Waals surface area contributed by atoms with Gasteiger partial charge in [0.1, 0.15) is 0 Å². The summed E-state index contributed by atoms with van der Waals surface area (Å²) in [5.74, 6) is -0.120. The molecule has 4 N–H and O–H groups in total. The van der Waals surface area contributed by atoms with Crippen molar-refractivity contribution in [1.29, 1.82) is 0 Å². The zero-order chi connectivity index (χ0) is 14.8. The molecular formula is C15H15N3O2S. The van der Waals surface area contributed by atoms with E-state index in [1.807, 2.05) is 6.07 Å². The first-order chi connectivity index (χ1) is 10.1. The van der Waals surface area contributed by atoms with Gasteiger partial charge in [-0.05, 0) is 49.1 Å². The van der Waals surface area contributed by atoms with Crippen LogP contribution in [0.25, 0.3) is 0 Å². The molecule has 2 aromatic rings. The van der Waals surface area contributed by atoms with Crippen LogP contribution >= 0.6 is 11.3 Å². The van der Waals surface area contributed by atoms with E-state index in [9.17, 15) is 9.59 Å². The molecule has 0 aliphatic heterocycles. The van der Waals surface area contributed by atoms with Gasteiger partial charge >= 0.3 is 6.03 Å². The van der Waals surface area contributed by atoms with E-state index in [1.165, 1.54) is 16.9 Å². The average Bonchev–Trinajstić information content (AvgIpc) is 2.98. The Kier molecular flexibility index (Phi) is 3.62. The summed E-state index contributed by atoms with van der Waals surface area (Å²) in [7, 11) is 0. The van der Waals surface area contributed by atoms with Gasteiger partial charge in [-0.25, -0.2) is 4.79 Å². The Morgan fingerprint density at radius 2 is 1.86 bits per heavy atom. The van der Waals surface area contributed by atoms with Crippen molar-refractivity contribution >= 4 is 34.6 Å². The van der Waals surface area contributed by atoms with Gasteiger partial charge in [0, 0.05) is 16.3 Å². The molecule has 0 unspecified atom stereocenters. The van der Waals surface area contributed by atoms with Crippen LogP contribution in [0.2, 0.25) is 0 Å². The summed E-state index contributed by atoms with van der Waals surface area (Å²) >= 11 is 1.56. The number of anilines is 2. The maximum absolute atomic E-state index is 12.2. The summed E-state index contributed by atoms with van der Waals surface area (Å²) in [5.41, 5.74) is 7.55. The minimum Gasteiger partial charge on any atom is -0.351 e. The predicted molar refractivity (Wildman–Crippen MR) is 83.9 cm³/mol. The molecule has 0 bridgehead atoms. The summed E-state index contributed by atoms with van der Waals surface area (Å²) in [6.45, 7) is 0. The van der Waals surface area contributed by atoms with Crippen LogP contribution in [0, 0.1) is 0 Å². The standard InChI is InChI=1S/C15H15N3O2S/c16-15(20)18-11-5-2-4-10(8-11)17-14(19)13-7-9-3-1-6-12(9)21-13/h2,4-5,7-8H,1,3,6H2,(H,17,19)(H3,16,18,20). The summed E-state index contributed by atoms with van der Waals surface area (Å²) < 4.78 is 0. The molecule has 3 rings (SSSR count). The maximum atomic E-state index is 12.2. The molecule has 0 saturated carbocycles. The van der Waals surface area contributed by atoms with Crippen molar-refractivity contribution in [2.45, 2.75) is 19.3 Å². The number of rotatable bonds is 3. The molecule has 0 fully saturated rings. The SMILES string of the molecule is NC(=O)Nc1cccc(NC(=O)c2cc3c(s2)CCC3)c1. The van der Waals surface area contributed by atoms with Crippen LogP contribution in [-0.2, 0) is 12.8 Å². The Morgan fingerprint density at radius 3 is 2.57 bits per heavy atom. The normalized spacial score (nSPS) is 12.8. The van der Waals surface area contributed by atoms with E-state index in [0.717, 1.165) is 17.7 Å². The first-order valence-electron chi connectivity index (χ1n) is 6.71. The van der Waals surface area contributed by atoms with Crippen LogP contribution in [0.15, 0.2) is 30.3 Å². The van der Waals surface area contributed by atoms with Crippen LogP contribution in [-0.4, -0.2) is 11.9 Å². The summed E-state index contributed by atoms with van der Waals surface area (Å²) in [5, 5.41) is 5.32. The number of benzene rings is 1. The van der Waals surface area contributed by atoms with E-state index < -0.39 is 6.03 Å². The van der Waals surface area contributed by atoms with E-state index >= 15 is 0 Å². The molecule has 0 spiro atoms. The van der Waals surface area contributed by atoms with Gasteiger partial charge in [-0.1, -0.05) is 6.07 Å². The van der Waals surface area contributed by atoms with Gasteiger partial charge in [-0.2, -0.15) is 0 Å². The zero-order valence-electron chi connectivity index (χ0n) is 11.3. The van der Waals surface area contributed by atoms with E-state index in [-0.39, 0.29) is 5.91 Å². The van der Waals surface area contributed by atoms with Crippen molar-refractivity contribution in [3.05, 3.63) is 45.6 Å². The number of hydrogen-bond acceptors (Lipinski definition) is 3. The number of nitrogens with two attached hydrogens (primary N) is 1. The van der Waals surface area contributed by atoms with Gasteiger partial charge in [0.15, 0.2) is 0 Å². The van der Waals surface area contributed by atoms with Crippen molar-refractivity contribution in [2.75, 3.05) is 10.6 Å². The van der Waals surface area contributed by atoms with Crippen molar-refractivity contribution in [3.63, 3.8) is 0 Å². The lowest BCUT2D eigenvalue weighted by Gasteiger charge is -2.06. The Bertz CT molecular complexity index is 687. The Hall–Kier alpha value is -2.34. The zero-order valence-corrected chi connectivity index (χ0v) is 12.1. The van der Waals surface area contributed by atoms with E-state index in [0.29, 0.717) is 11.4 Å². The van der Waals surface area contributed by atoms with Gasteiger partial charge in [-0.15, -0.1) is 11.3 Å². The fourth-order valence-electron chi connectivity index (χ4n) is 2.45. The average molecular weight is 301 g/mol. The summed E-state index contributed by atoms with van der Waals surface area (Å²) in [6, 6.07) is 8.24. The van der Waals surface area contributed by atoms with Crippen LogP contribution < -0.4 is 16.4 Å². The van der Waals surface area contributed by atoms with Crippen molar-refractivity contribution < 1.29 is 9.59 Å². The topological polar surface area (TPSA) is 84.2 Å². The van der Waals surface area contributed by atoms with Crippen LogP contribution in [0.4, 0.5) is 16.2 Å². The number of amides is 3. The van der Waals surface area contributed by atoms with E-state index in [4.69, 9.17) is 5.73 Å². The third-order valence-corrected chi connectivity index (χ3v) is 4.59. The van der Waals surface area contributed by atoms with Gasteiger partial charge in [0.2, 0.25) is 0 Å². The van der Waals surface area contributed by atoms with Crippen molar-refractivity contribution in [3.8, 4) is 0 Å². The number of urea groups is 1. The smallest absolute Gasteiger partial charge is 0.316 e. The number of primary amides is 1. The number of aryl methyl sites for hydroxylation is 2. The molecule has 1 aliphatic rings. The highest BCUT2D eigenvalue weighted by Crippen LogP contribution is 2.31. The Morgan fingerprint density at radius 1 is 1.10 bits per heavy atom. The molecule has 108 valence electrons. The molecule has 0 radical (unpaired) electrons. The second-order valence-corrected chi connectivity index (χ2v) is 6.07. The summed E-state index contributed by atoms with van der Waals surface area (Å²) in [6.07, 6.45) is 3.33. The fraction of sp³-hybridized carbons (Fsp3) is 0.200. The second kappa shape index (κ2) is 5.57. The molecular weight excluding hydrogens is 286 g/mol. The monoisotopic (exact) mass is 301 g/mol. The molecule has 6 heteroatoms. The maximum Gasteiger partial charge on any atom is 0.316 e. The number of nitrogens with one attached hydrogen (secondary N) is 2. The molecule has 1 aromatic heterocycles. The third kappa shape index (κ3) is 3.05. The molecule has 0 saturated heterocycles. The fourth-order valence-corrected chi connectivity index (χ4v) is 3.60. The lowest BCUT2D eigenvalue weighted by Crippen LogP contribution is -2.19. The highest BCUT2D eigenvalue weighted by Gasteiger charge is 2.18. The van der Waals surface area contributed by atoms with Crippen molar-refractivity contribution in [2.24, 2.45) is 5.73 Å². The minimum atomic E-state index is -0.631. The molecule has 1 aliphatic carbocycles. The molecule has 0 atom stereocenters. The Balaban J connectivity index is 1.73. The van der Waals surface area contributed by atoms with Gasteiger partial charge < -0.3 is 16.4 Å². The molecule has 1 aromatic carbocycles. The number of hydrogen-bond donors (Lipinski definition) is 3. The predicted octanol–water partition coefficient (Wildman–Crippen LogP) is 2.98. The first kappa shape index (κ1) is 13.6. The lowest BCUT2D eigenvalue weighted by molar-refractivity contribution is 0.103. The third-order valence-electron chi connectivity index (χ3n) is 3.36. The highest BCUT2D eigenvalue weighted by atomic mass is 32.1. The van der Waals surface area contributed by atoms with Crippen LogP contribution in [0.1, 0.15) is 26.5 Å². The number of carbonyl (C=O) groups is 2. The Labute approximate surface area is 126 Å². The highest BCUT2D eigenvalue weighted by molar-refractivity contribution is 7.14. The van der Waals surface area contributed by atoms with Gasteiger partial charge in [-0.3, -0.25) is 4.79 Å². The molecule has 1 heterocycles. The quantitative estimate of drug-likeness (QED) is 0.814. The number of thiophene rings is 1.